The summed E-state index contributed by atoms with van der Waals surface area (Å²) in [6.45, 7) is 0.331. The number of aromatic nitrogens is 3. The zero-order valence-corrected chi connectivity index (χ0v) is 10.4. The van der Waals surface area contributed by atoms with Gasteiger partial charge in [0.15, 0.2) is 0 Å². The lowest BCUT2D eigenvalue weighted by Gasteiger charge is -2.08. The molecule has 0 spiro atoms. The van der Waals surface area contributed by atoms with Crippen LogP contribution in [-0.4, -0.2) is 20.1 Å². The Morgan fingerprint density at radius 3 is 2.56 bits per heavy atom. The number of nitrogens with one attached hydrogen (secondary N) is 2. The lowest BCUT2D eigenvalue weighted by molar-refractivity contribution is -0.384. The second-order valence-corrected chi connectivity index (χ2v) is 4.14. The topological polar surface area (TPSA) is 96.7 Å². The molecule has 0 aliphatic rings. The summed E-state index contributed by atoms with van der Waals surface area (Å²) in [7, 11) is 0. The van der Waals surface area contributed by atoms with Crippen molar-refractivity contribution in [1.82, 2.24) is 15.2 Å². The summed E-state index contributed by atoms with van der Waals surface area (Å²) in [6.07, 6.45) is 1.37. The molecule has 7 nitrogen and oxygen atoms in total. The normalized spacial score (nSPS) is 10.3. The summed E-state index contributed by atoms with van der Waals surface area (Å²) in [5.41, 5.74) is 0.260. The average Bonchev–Trinajstić information content (AvgIpc) is 2.80. The van der Waals surface area contributed by atoms with Crippen LogP contribution in [0.15, 0.2) is 18.5 Å². The van der Waals surface area contributed by atoms with E-state index in [0.717, 1.165) is 0 Å². The van der Waals surface area contributed by atoms with E-state index in [0.29, 0.717) is 18.1 Å². The van der Waals surface area contributed by atoms with Gasteiger partial charge in [-0.05, 0) is 0 Å². The predicted molar refractivity (Wildman–Crippen MR) is 66.8 cm³/mol. The quantitative estimate of drug-likeness (QED) is 0.665. The SMILES string of the molecule is O=[N+]([O-])c1cc(Cl)c(NCc2ncn[nH]2)c(Cl)c1. The molecule has 0 saturated carbocycles. The van der Waals surface area contributed by atoms with E-state index >= 15 is 0 Å². The largest absolute Gasteiger partial charge is 0.375 e. The molecule has 18 heavy (non-hydrogen) atoms. The standard InChI is InChI=1S/C9H7Cl2N5O2/c10-6-1-5(16(17)18)2-7(11)9(6)12-3-8-13-4-14-15-8/h1-2,4,12H,3H2,(H,13,14,15). The van der Waals surface area contributed by atoms with Gasteiger partial charge in [0.2, 0.25) is 0 Å². The van der Waals surface area contributed by atoms with Crippen molar-refractivity contribution < 1.29 is 4.92 Å². The minimum atomic E-state index is -0.558. The van der Waals surface area contributed by atoms with Gasteiger partial charge in [-0.15, -0.1) is 0 Å². The van der Waals surface area contributed by atoms with Crippen molar-refractivity contribution in [3.8, 4) is 0 Å². The van der Waals surface area contributed by atoms with E-state index in [1.54, 1.807) is 0 Å². The first kappa shape index (κ1) is 12.6. The third-order valence-electron chi connectivity index (χ3n) is 2.14. The Bertz CT molecular complexity index is 549. The monoisotopic (exact) mass is 287 g/mol. The van der Waals surface area contributed by atoms with Crippen LogP contribution in [0.2, 0.25) is 10.0 Å². The van der Waals surface area contributed by atoms with Gasteiger partial charge in [0.05, 0.1) is 27.2 Å². The van der Waals surface area contributed by atoms with Crippen molar-refractivity contribution in [3.63, 3.8) is 0 Å². The second-order valence-electron chi connectivity index (χ2n) is 3.33. The number of halogens is 2. The number of nitro groups is 1. The molecule has 2 rings (SSSR count). The van der Waals surface area contributed by atoms with Gasteiger partial charge in [-0.3, -0.25) is 15.2 Å². The Kier molecular flexibility index (Phi) is 3.63. The molecule has 0 saturated heterocycles. The van der Waals surface area contributed by atoms with Crippen molar-refractivity contribution in [2.24, 2.45) is 0 Å². The van der Waals surface area contributed by atoms with Gasteiger partial charge in [-0.25, -0.2) is 4.98 Å². The number of H-pyrrole nitrogens is 1. The Labute approximate surface area is 111 Å². The highest BCUT2D eigenvalue weighted by Gasteiger charge is 2.14. The lowest BCUT2D eigenvalue weighted by Crippen LogP contribution is -2.03. The summed E-state index contributed by atoms with van der Waals surface area (Å²) in [5, 5.41) is 20.2. The molecule has 0 unspecified atom stereocenters. The maximum absolute atomic E-state index is 10.6. The van der Waals surface area contributed by atoms with Crippen molar-refractivity contribution in [2.45, 2.75) is 6.54 Å². The molecule has 0 atom stereocenters. The highest BCUT2D eigenvalue weighted by Crippen LogP contribution is 2.34. The Morgan fingerprint density at radius 1 is 1.39 bits per heavy atom. The molecular weight excluding hydrogens is 281 g/mol. The summed E-state index contributed by atoms with van der Waals surface area (Å²) < 4.78 is 0. The summed E-state index contributed by atoms with van der Waals surface area (Å²) in [6, 6.07) is 2.46. The van der Waals surface area contributed by atoms with Crippen molar-refractivity contribution >= 4 is 34.6 Å². The molecule has 2 aromatic rings. The van der Waals surface area contributed by atoms with E-state index in [9.17, 15) is 10.1 Å². The van der Waals surface area contributed by atoms with Gasteiger partial charge in [0, 0.05) is 12.1 Å². The molecule has 0 amide bonds. The molecule has 1 aromatic heterocycles. The van der Waals surface area contributed by atoms with Crippen LogP contribution >= 0.6 is 23.2 Å². The number of rotatable bonds is 4. The van der Waals surface area contributed by atoms with Crippen molar-refractivity contribution in [1.29, 1.82) is 0 Å². The van der Waals surface area contributed by atoms with E-state index < -0.39 is 4.92 Å². The molecule has 0 bridgehead atoms. The third-order valence-corrected chi connectivity index (χ3v) is 2.73. The van der Waals surface area contributed by atoms with Gasteiger partial charge < -0.3 is 5.32 Å². The fraction of sp³-hybridized carbons (Fsp3) is 0.111. The Morgan fingerprint density at radius 2 is 2.06 bits per heavy atom. The van der Waals surface area contributed by atoms with E-state index in [4.69, 9.17) is 23.2 Å². The van der Waals surface area contributed by atoms with Crippen LogP contribution in [0, 0.1) is 10.1 Å². The van der Waals surface area contributed by atoms with E-state index in [1.165, 1.54) is 18.5 Å². The van der Waals surface area contributed by atoms with Crippen molar-refractivity contribution in [3.05, 3.63) is 44.4 Å². The highest BCUT2D eigenvalue weighted by atomic mass is 35.5. The van der Waals surface area contributed by atoms with E-state index in [1.807, 2.05) is 0 Å². The molecule has 9 heteroatoms. The smallest absolute Gasteiger partial charge is 0.272 e. The van der Waals surface area contributed by atoms with E-state index in [2.05, 4.69) is 20.5 Å². The Balaban J connectivity index is 2.20. The van der Waals surface area contributed by atoms with E-state index in [-0.39, 0.29) is 15.7 Å². The zero-order chi connectivity index (χ0) is 13.1. The number of nitrogens with zero attached hydrogens (tertiary/aromatic N) is 3. The molecule has 0 fully saturated rings. The summed E-state index contributed by atoms with van der Waals surface area (Å²) in [5.74, 6) is 0.598. The van der Waals surface area contributed by atoms with Crippen LogP contribution in [0.3, 0.4) is 0 Å². The number of nitro benzene ring substituents is 1. The van der Waals surface area contributed by atoms with Gasteiger partial charge >= 0.3 is 0 Å². The molecular formula is C9H7Cl2N5O2. The minimum Gasteiger partial charge on any atom is -0.375 e. The lowest BCUT2D eigenvalue weighted by atomic mass is 10.2. The molecule has 2 N–H and O–H groups in total. The molecule has 0 radical (unpaired) electrons. The maximum Gasteiger partial charge on any atom is 0.272 e. The van der Waals surface area contributed by atoms with Crippen LogP contribution in [-0.2, 0) is 6.54 Å². The van der Waals surface area contributed by atoms with Crippen LogP contribution in [0.5, 0.6) is 0 Å². The van der Waals surface area contributed by atoms with Crippen LogP contribution in [0.4, 0.5) is 11.4 Å². The first-order valence-corrected chi connectivity index (χ1v) is 5.55. The number of aromatic amines is 1. The number of hydrogen-bond donors (Lipinski definition) is 2. The number of benzene rings is 1. The van der Waals surface area contributed by atoms with Gasteiger partial charge in [0.25, 0.3) is 5.69 Å². The molecule has 94 valence electrons. The number of hydrogen-bond acceptors (Lipinski definition) is 5. The van der Waals surface area contributed by atoms with Gasteiger partial charge in [0.1, 0.15) is 12.2 Å². The van der Waals surface area contributed by atoms with Crippen LogP contribution in [0.25, 0.3) is 0 Å². The third kappa shape index (κ3) is 2.69. The minimum absolute atomic E-state index is 0.157. The fourth-order valence-corrected chi connectivity index (χ4v) is 1.93. The fourth-order valence-electron chi connectivity index (χ4n) is 1.32. The highest BCUT2D eigenvalue weighted by molar-refractivity contribution is 6.39. The van der Waals surface area contributed by atoms with Gasteiger partial charge in [-0.2, -0.15) is 5.10 Å². The zero-order valence-electron chi connectivity index (χ0n) is 8.85. The number of anilines is 1. The van der Waals surface area contributed by atoms with Crippen LogP contribution < -0.4 is 5.32 Å². The average molecular weight is 288 g/mol. The molecule has 0 aliphatic carbocycles. The van der Waals surface area contributed by atoms with Crippen LogP contribution in [0.1, 0.15) is 5.82 Å². The number of non-ortho nitro benzene ring substituents is 1. The maximum atomic E-state index is 10.6. The van der Waals surface area contributed by atoms with Gasteiger partial charge in [-0.1, -0.05) is 23.2 Å². The summed E-state index contributed by atoms with van der Waals surface area (Å²) >= 11 is 11.8. The van der Waals surface area contributed by atoms with Crippen molar-refractivity contribution in [2.75, 3.05) is 5.32 Å². The molecule has 1 heterocycles. The molecule has 0 aliphatic heterocycles. The first-order valence-electron chi connectivity index (χ1n) is 4.79. The predicted octanol–water partition coefficient (Wildman–Crippen LogP) is 2.63. The second kappa shape index (κ2) is 5.19. The molecule has 1 aromatic carbocycles. The first-order chi connectivity index (χ1) is 8.58. The Hall–Kier alpha value is -1.86. The summed E-state index contributed by atoms with van der Waals surface area (Å²) in [4.78, 5) is 14.0.